The number of aryl methyl sites for hydroxylation is 1. The lowest BCUT2D eigenvalue weighted by Crippen LogP contribution is -2.21. The van der Waals surface area contributed by atoms with E-state index in [2.05, 4.69) is 73.1 Å². The number of Topliss-reactive ketones (excluding diaryl/α,β-unsaturated/α-hetero) is 1. The summed E-state index contributed by atoms with van der Waals surface area (Å²) in [6.45, 7) is 10.2. The molecule has 1 heterocycles. The lowest BCUT2D eigenvalue weighted by atomic mass is 9.76. The summed E-state index contributed by atoms with van der Waals surface area (Å²) < 4.78 is 2.29. The molecule has 0 spiro atoms. The van der Waals surface area contributed by atoms with E-state index in [-0.39, 0.29) is 1.43 Å². The first-order valence-electron chi connectivity index (χ1n) is 12.8. The van der Waals surface area contributed by atoms with Gasteiger partial charge in [0.1, 0.15) is 5.78 Å². The van der Waals surface area contributed by atoms with Crippen LogP contribution in [0.1, 0.15) is 92.5 Å². The molecule has 0 radical (unpaired) electrons. The van der Waals surface area contributed by atoms with Gasteiger partial charge in [0.05, 0.1) is 0 Å². The minimum absolute atomic E-state index is 0. The van der Waals surface area contributed by atoms with Crippen molar-refractivity contribution < 1.29 is 6.22 Å². The van der Waals surface area contributed by atoms with E-state index in [0.717, 1.165) is 44.9 Å². The van der Waals surface area contributed by atoms with E-state index < -0.39 is 0 Å². The Bertz CT molecular complexity index is 966. The number of nitrogens with zero attached hydrogens (tertiary/aromatic N) is 1. The fourth-order valence-corrected chi connectivity index (χ4v) is 4.82. The van der Waals surface area contributed by atoms with Gasteiger partial charge in [-0.25, -0.2) is 0 Å². The second-order valence-electron chi connectivity index (χ2n) is 8.39. The Kier molecular flexibility index (Phi) is 10.7. The van der Waals surface area contributed by atoms with Crippen molar-refractivity contribution in [2.75, 3.05) is 0 Å². The molecule has 4 rings (SSSR count). The van der Waals surface area contributed by atoms with E-state index in [1.807, 2.05) is 27.7 Å². The monoisotopic (exact) mass is 435 g/mol. The minimum atomic E-state index is 0. The van der Waals surface area contributed by atoms with Gasteiger partial charge in [0.2, 0.25) is 0 Å². The molecule has 1 aliphatic carbocycles. The van der Waals surface area contributed by atoms with E-state index in [0.29, 0.717) is 17.6 Å². The van der Waals surface area contributed by atoms with Crippen LogP contribution in [0.25, 0.3) is 22.2 Å². The molecule has 1 aliphatic rings. The van der Waals surface area contributed by atoms with Crippen molar-refractivity contribution in [3.05, 3.63) is 60.2 Å². The number of aromatic nitrogens is 1. The van der Waals surface area contributed by atoms with Crippen molar-refractivity contribution >= 4 is 16.7 Å². The summed E-state index contributed by atoms with van der Waals surface area (Å²) in [6.07, 6.45) is 7.34. The summed E-state index contributed by atoms with van der Waals surface area (Å²) in [5, 5.41) is 1.29. The number of benzene rings is 2. The summed E-state index contributed by atoms with van der Waals surface area (Å²) in [7, 11) is 2.15. The number of ketones is 1. The summed E-state index contributed by atoms with van der Waals surface area (Å²) in [5.74, 6) is 1.40. The SMILES string of the molecule is CC.CC.CCCCC(=O)C1CCC(c2cccc(-c3cc4ccccc4n3C)c2)CC1.[HH]. The zero-order valence-corrected chi connectivity index (χ0v) is 21.2. The molecule has 0 aliphatic heterocycles. The maximum atomic E-state index is 12.4. The average molecular weight is 436 g/mol. The van der Waals surface area contributed by atoms with Crippen LogP contribution in [0.15, 0.2) is 54.6 Å². The first kappa shape index (κ1) is 25.9. The highest BCUT2D eigenvalue weighted by Crippen LogP contribution is 2.38. The van der Waals surface area contributed by atoms with Gasteiger partial charge in [0.15, 0.2) is 0 Å². The molecule has 0 N–H and O–H groups in total. The van der Waals surface area contributed by atoms with Gasteiger partial charge in [-0.1, -0.05) is 77.4 Å². The molecule has 0 amide bonds. The smallest absolute Gasteiger partial charge is 0.135 e. The molecule has 176 valence electrons. The molecule has 2 aromatic carbocycles. The number of unbranched alkanes of at least 4 members (excludes halogenated alkanes) is 1. The normalized spacial score (nSPS) is 17.7. The van der Waals surface area contributed by atoms with Gasteiger partial charge in [-0.2, -0.15) is 0 Å². The summed E-state index contributed by atoms with van der Waals surface area (Å²) in [6, 6.07) is 19.9. The molecule has 0 unspecified atom stereocenters. The van der Waals surface area contributed by atoms with Crippen LogP contribution < -0.4 is 0 Å². The van der Waals surface area contributed by atoms with Crippen LogP contribution in [0.3, 0.4) is 0 Å². The molecular formula is C30H45NO. The maximum absolute atomic E-state index is 12.4. The van der Waals surface area contributed by atoms with Crippen LogP contribution in [0, 0.1) is 5.92 Å². The molecule has 3 aromatic rings. The quantitative estimate of drug-likeness (QED) is 0.378. The Labute approximate surface area is 197 Å². The van der Waals surface area contributed by atoms with Gasteiger partial charge in [-0.05, 0) is 67.3 Å². The van der Waals surface area contributed by atoms with Crippen molar-refractivity contribution in [2.45, 2.75) is 85.5 Å². The molecule has 1 fully saturated rings. The first-order chi connectivity index (χ1) is 15.7. The molecule has 32 heavy (non-hydrogen) atoms. The molecule has 1 saturated carbocycles. The highest BCUT2D eigenvalue weighted by atomic mass is 16.1. The molecule has 2 heteroatoms. The highest BCUT2D eigenvalue weighted by Gasteiger charge is 2.26. The van der Waals surface area contributed by atoms with Crippen molar-refractivity contribution in [3.63, 3.8) is 0 Å². The van der Waals surface area contributed by atoms with Gasteiger partial charge < -0.3 is 4.57 Å². The van der Waals surface area contributed by atoms with Gasteiger partial charge in [0.25, 0.3) is 0 Å². The molecule has 0 saturated heterocycles. The number of carbonyl (C=O) groups is 1. The predicted molar refractivity (Wildman–Crippen MR) is 142 cm³/mol. The summed E-state index contributed by atoms with van der Waals surface area (Å²) in [5.41, 5.74) is 5.26. The Morgan fingerprint density at radius 3 is 2.28 bits per heavy atom. The fraction of sp³-hybridized carbons (Fsp3) is 0.500. The van der Waals surface area contributed by atoms with Gasteiger partial charge >= 0.3 is 0 Å². The Morgan fingerprint density at radius 2 is 1.62 bits per heavy atom. The lowest BCUT2D eigenvalue weighted by molar-refractivity contribution is -0.124. The number of carbonyl (C=O) groups excluding carboxylic acids is 1. The second kappa shape index (κ2) is 13.3. The molecule has 0 bridgehead atoms. The minimum Gasteiger partial charge on any atom is -0.344 e. The van der Waals surface area contributed by atoms with Crippen LogP contribution in [-0.4, -0.2) is 10.4 Å². The average Bonchev–Trinajstić information content (AvgIpc) is 3.22. The Balaban J connectivity index is 0.00000103. The standard InChI is InChI=1S/C26H31NO.2C2H6.H2/c1-3-4-12-26(28)20-15-13-19(14-16-20)21-9-7-10-22(17-21)25-18-23-8-5-6-11-24(23)27(25)2;2*1-2;/h5-11,17-20H,3-4,12-16H2,1-2H3;2*1-2H3;1H. The number of para-hydroxylation sites is 1. The Morgan fingerprint density at radius 1 is 0.938 bits per heavy atom. The van der Waals surface area contributed by atoms with Gasteiger partial charge in [-0.15, -0.1) is 0 Å². The van der Waals surface area contributed by atoms with Crippen molar-refractivity contribution in [1.29, 1.82) is 0 Å². The zero-order chi connectivity index (χ0) is 23.5. The Hall–Kier alpha value is -2.35. The predicted octanol–water partition coefficient (Wildman–Crippen LogP) is 9.18. The first-order valence-corrected chi connectivity index (χ1v) is 12.8. The van der Waals surface area contributed by atoms with Crippen molar-refractivity contribution in [1.82, 2.24) is 4.57 Å². The summed E-state index contributed by atoms with van der Waals surface area (Å²) in [4.78, 5) is 12.4. The van der Waals surface area contributed by atoms with Crippen LogP contribution in [0.5, 0.6) is 0 Å². The van der Waals surface area contributed by atoms with Crippen LogP contribution in [0.4, 0.5) is 0 Å². The zero-order valence-electron chi connectivity index (χ0n) is 21.2. The number of rotatable bonds is 6. The summed E-state index contributed by atoms with van der Waals surface area (Å²) >= 11 is 0. The van der Waals surface area contributed by atoms with E-state index in [9.17, 15) is 4.79 Å². The number of hydrogen-bond donors (Lipinski definition) is 0. The molecular weight excluding hydrogens is 390 g/mol. The molecule has 1 aromatic heterocycles. The second-order valence-corrected chi connectivity index (χ2v) is 8.39. The molecule has 0 atom stereocenters. The number of fused-ring (bicyclic) bond motifs is 1. The maximum Gasteiger partial charge on any atom is 0.135 e. The fourth-order valence-electron chi connectivity index (χ4n) is 4.82. The number of hydrogen-bond acceptors (Lipinski definition) is 1. The van der Waals surface area contributed by atoms with Crippen molar-refractivity contribution in [2.24, 2.45) is 13.0 Å². The van der Waals surface area contributed by atoms with E-state index >= 15 is 0 Å². The van der Waals surface area contributed by atoms with Gasteiger partial charge in [-0.3, -0.25) is 4.79 Å². The van der Waals surface area contributed by atoms with E-state index in [1.54, 1.807) is 0 Å². The van der Waals surface area contributed by atoms with Crippen LogP contribution in [-0.2, 0) is 11.8 Å². The van der Waals surface area contributed by atoms with Gasteiger partial charge in [0, 0.05) is 37.4 Å². The lowest BCUT2D eigenvalue weighted by Gasteiger charge is -2.28. The van der Waals surface area contributed by atoms with Crippen LogP contribution in [0.2, 0.25) is 0 Å². The third-order valence-corrected chi connectivity index (χ3v) is 6.56. The topological polar surface area (TPSA) is 22.0 Å². The van der Waals surface area contributed by atoms with E-state index in [1.165, 1.54) is 27.7 Å². The van der Waals surface area contributed by atoms with E-state index in [4.69, 9.17) is 0 Å². The van der Waals surface area contributed by atoms with Crippen LogP contribution >= 0.6 is 0 Å². The third kappa shape index (κ3) is 6.12. The highest BCUT2D eigenvalue weighted by molar-refractivity contribution is 5.87. The van der Waals surface area contributed by atoms with Crippen molar-refractivity contribution in [3.8, 4) is 11.3 Å². The molecule has 2 nitrogen and oxygen atoms in total. The third-order valence-electron chi connectivity index (χ3n) is 6.56. The largest absolute Gasteiger partial charge is 0.344 e.